The quantitative estimate of drug-likeness (QED) is 0.874. The zero-order valence-electron chi connectivity index (χ0n) is 11.3. The first-order valence-corrected chi connectivity index (χ1v) is 6.53. The van der Waals surface area contributed by atoms with E-state index in [1.165, 1.54) is 12.1 Å². The maximum absolute atomic E-state index is 13.4. The fourth-order valence-corrected chi connectivity index (χ4v) is 2.60. The molecule has 104 valence electrons. The second-order valence-electron chi connectivity index (χ2n) is 5.04. The Kier molecular flexibility index (Phi) is 4.04. The highest BCUT2D eigenvalue weighted by Gasteiger charge is 2.33. The standard InChI is InChI=1S/C14H20FN3O/c1-10-6-7-17(2)14(19)13(9-16)18(10)12-5-3-4-11(15)8-12/h3-5,8,10,13H,6-7,9,16H2,1-2H3. The van der Waals surface area contributed by atoms with Crippen molar-refractivity contribution in [3.05, 3.63) is 30.1 Å². The minimum absolute atomic E-state index is 0.00360. The lowest BCUT2D eigenvalue weighted by molar-refractivity contribution is -0.130. The number of carbonyl (C=O) groups is 1. The van der Waals surface area contributed by atoms with E-state index < -0.39 is 6.04 Å². The molecule has 2 N–H and O–H groups in total. The SMILES string of the molecule is CC1CCN(C)C(=O)C(CN)N1c1cccc(F)c1. The summed E-state index contributed by atoms with van der Waals surface area (Å²) in [5.74, 6) is -0.304. The molecule has 1 aliphatic heterocycles. The number of hydrogen-bond acceptors (Lipinski definition) is 3. The maximum Gasteiger partial charge on any atom is 0.246 e. The number of carbonyl (C=O) groups excluding carboxylic acids is 1. The van der Waals surface area contributed by atoms with Crippen LogP contribution in [0.5, 0.6) is 0 Å². The molecule has 2 atom stereocenters. The van der Waals surface area contributed by atoms with Crippen LogP contribution in [0, 0.1) is 5.82 Å². The van der Waals surface area contributed by atoms with Gasteiger partial charge in [-0.05, 0) is 31.5 Å². The van der Waals surface area contributed by atoms with Gasteiger partial charge in [-0.2, -0.15) is 0 Å². The van der Waals surface area contributed by atoms with Gasteiger partial charge < -0.3 is 15.5 Å². The molecule has 0 aromatic heterocycles. The number of hydrogen-bond donors (Lipinski definition) is 1. The van der Waals surface area contributed by atoms with Gasteiger partial charge in [-0.1, -0.05) is 6.07 Å². The highest BCUT2D eigenvalue weighted by atomic mass is 19.1. The molecule has 1 fully saturated rings. The zero-order valence-corrected chi connectivity index (χ0v) is 11.3. The Balaban J connectivity index is 2.41. The molecule has 0 spiro atoms. The average molecular weight is 265 g/mol. The number of likely N-dealkylation sites (N-methyl/N-ethyl adjacent to an activating group) is 1. The monoisotopic (exact) mass is 265 g/mol. The lowest BCUT2D eigenvalue weighted by Gasteiger charge is -2.35. The van der Waals surface area contributed by atoms with E-state index in [1.807, 2.05) is 17.9 Å². The number of benzene rings is 1. The van der Waals surface area contributed by atoms with E-state index in [-0.39, 0.29) is 24.3 Å². The van der Waals surface area contributed by atoms with Gasteiger partial charge in [-0.3, -0.25) is 4.79 Å². The lowest BCUT2D eigenvalue weighted by Crippen LogP contribution is -2.51. The van der Waals surface area contributed by atoms with Gasteiger partial charge in [0.2, 0.25) is 5.91 Å². The number of rotatable bonds is 2. The van der Waals surface area contributed by atoms with E-state index in [2.05, 4.69) is 0 Å². The van der Waals surface area contributed by atoms with Crippen LogP contribution in [0.3, 0.4) is 0 Å². The summed E-state index contributed by atoms with van der Waals surface area (Å²) in [7, 11) is 1.78. The molecule has 19 heavy (non-hydrogen) atoms. The van der Waals surface area contributed by atoms with E-state index >= 15 is 0 Å². The number of halogens is 1. The zero-order chi connectivity index (χ0) is 14.0. The van der Waals surface area contributed by atoms with Crippen LogP contribution in [0.4, 0.5) is 10.1 Å². The molecule has 4 nitrogen and oxygen atoms in total. The Morgan fingerprint density at radius 1 is 1.47 bits per heavy atom. The summed E-state index contributed by atoms with van der Waals surface area (Å²) >= 11 is 0. The van der Waals surface area contributed by atoms with Crippen LogP contribution in [0.25, 0.3) is 0 Å². The van der Waals surface area contributed by atoms with Crippen LogP contribution in [0.2, 0.25) is 0 Å². The molecule has 1 heterocycles. The van der Waals surface area contributed by atoms with Crippen molar-refractivity contribution in [2.75, 3.05) is 25.0 Å². The Morgan fingerprint density at radius 2 is 2.21 bits per heavy atom. The Bertz CT molecular complexity index is 466. The van der Waals surface area contributed by atoms with Crippen LogP contribution in [-0.2, 0) is 4.79 Å². The topological polar surface area (TPSA) is 49.6 Å². The van der Waals surface area contributed by atoms with E-state index in [0.29, 0.717) is 12.2 Å². The third-order valence-electron chi connectivity index (χ3n) is 3.68. The van der Waals surface area contributed by atoms with Crippen molar-refractivity contribution in [1.82, 2.24) is 4.90 Å². The molecule has 0 saturated carbocycles. The van der Waals surface area contributed by atoms with Crippen LogP contribution >= 0.6 is 0 Å². The summed E-state index contributed by atoms with van der Waals surface area (Å²) < 4.78 is 13.4. The minimum atomic E-state index is -0.427. The van der Waals surface area contributed by atoms with Gasteiger partial charge >= 0.3 is 0 Å². The van der Waals surface area contributed by atoms with Crippen molar-refractivity contribution in [2.24, 2.45) is 5.73 Å². The fraction of sp³-hybridized carbons (Fsp3) is 0.500. The van der Waals surface area contributed by atoms with E-state index in [4.69, 9.17) is 5.73 Å². The molecular formula is C14H20FN3O. The largest absolute Gasteiger partial charge is 0.356 e. The van der Waals surface area contributed by atoms with Gasteiger partial charge in [0, 0.05) is 31.9 Å². The summed E-state index contributed by atoms with van der Waals surface area (Å²) in [5, 5.41) is 0. The minimum Gasteiger partial charge on any atom is -0.356 e. The van der Waals surface area contributed by atoms with E-state index in [9.17, 15) is 9.18 Å². The van der Waals surface area contributed by atoms with E-state index in [0.717, 1.165) is 6.42 Å². The van der Waals surface area contributed by atoms with Crippen molar-refractivity contribution in [2.45, 2.75) is 25.4 Å². The molecule has 0 radical (unpaired) electrons. The van der Waals surface area contributed by atoms with Crippen molar-refractivity contribution in [3.8, 4) is 0 Å². The molecule has 5 heteroatoms. The first-order chi connectivity index (χ1) is 9.04. The number of nitrogens with zero attached hydrogens (tertiary/aromatic N) is 2. The number of nitrogens with two attached hydrogens (primary N) is 1. The predicted octanol–water partition coefficient (Wildman–Crippen LogP) is 1.21. The molecule has 2 rings (SSSR count). The van der Waals surface area contributed by atoms with Gasteiger partial charge in [0.1, 0.15) is 11.9 Å². The first-order valence-electron chi connectivity index (χ1n) is 6.53. The molecule has 1 amide bonds. The molecule has 0 bridgehead atoms. The van der Waals surface area contributed by atoms with Crippen LogP contribution in [0.15, 0.2) is 24.3 Å². The molecule has 1 saturated heterocycles. The molecule has 1 aliphatic rings. The van der Waals surface area contributed by atoms with Crippen molar-refractivity contribution in [3.63, 3.8) is 0 Å². The number of anilines is 1. The summed E-state index contributed by atoms with van der Waals surface area (Å²) in [6.07, 6.45) is 0.843. The highest BCUT2D eigenvalue weighted by Crippen LogP contribution is 2.25. The molecule has 0 aliphatic carbocycles. The summed E-state index contributed by atoms with van der Waals surface area (Å²) in [4.78, 5) is 15.9. The average Bonchev–Trinajstić information content (AvgIpc) is 2.50. The van der Waals surface area contributed by atoms with Gasteiger partial charge in [-0.15, -0.1) is 0 Å². The Hall–Kier alpha value is -1.62. The first kappa shape index (κ1) is 13.8. The summed E-state index contributed by atoms with van der Waals surface area (Å²) in [6, 6.07) is 6.05. The Morgan fingerprint density at radius 3 is 2.84 bits per heavy atom. The molecule has 1 aromatic rings. The van der Waals surface area contributed by atoms with Gasteiger partial charge in [-0.25, -0.2) is 4.39 Å². The van der Waals surface area contributed by atoms with Gasteiger partial charge in [0.15, 0.2) is 0 Å². The van der Waals surface area contributed by atoms with Crippen molar-refractivity contribution < 1.29 is 9.18 Å². The van der Waals surface area contributed by atoms with Crippen LogP contribution in [-0.4, -0.2) is 43.0 Å². The lowest BCUT2D eigenvalue weighted by atomic mass is 10.1. The maximum atomic E-state index is 13.4. The predicted molar refractivity (Wildman–Crippen MR) is 73.4 cm³/mol. The fourth-order valence-electron chi connectivity index (χ4n) is 2.60. The second-order valence-corrected chi connectivity index (χ2v) is 5.04. The van der Waals surface area contributed by atoms with Crippen molar-refractivity contribution >= 4 is 11.6 Å². The molecule has 2 unspecified atom stereocenters. The Labute approximate surface area is 113 Å². The van der Waals surface area contributed by atoms with E-state index in [1.54, 1.807) is 18.0 Å². The molecule has 1 aromatic carbocycles. The number of amides is 1. The second kappa shape index (κ2) is 5.57. The van der Waals surface area contributed by atoms with Crippen LogP contribution in [0.1, 0.15) is 13.3 Å². The third kappa shape index (κ3) is 2.71. The van der Waals surface area contributed by atoms with Crippen LogP contribution < -0.4 is 10.6 Å². The molecular weight excluding hydrogens is 245 g/mol. The highest BCUT2D eigenvalue weighted by molar-refractivity contribution is 5.86. The summed E-state index contributed by atoms with van der Waals surface area (Å²) in [5.41, 5.74) is 6.48. The normalized spacial score (nSPS) is 24.5. The van der Waals surface area contributed by atoms with Crippen molar-refractivity contribution in [1.29, 1.82) is 0 Å². The smallest absolute Gasteiger partial charge is 0.246 e. The van der Waals surface area contributed by atoms with Gasteiger partial charge in [0.25, 0.3) is 0 Å². The summed E-state index contributed by atoms with van der Waals surface area (Å²) in [6.45, 7) is 2.96. The third-order valence-corrected chi connectivity index (χ3v) is 3.68. The van der Waals surface area contributed by atoms with Gasteiger partial charge in [0.05, 0.1) is 0 Å².